The molecule has 0 spiro atoms. The highest BCUT2D eigenvalue weighted by atomic mass is 16.2. The summed E-state index contributed by atoms with van der Waals surface area (Å²) in [6.07, 6.45) is 5.30. The van der Waals surface area contributed by atoms with Crippen molar-refractivity contribution < 1.29 is 4.79 Å². The second-order valence-electron chi connectivity index (χ2n) is 6.96. The molecule has 0 saturated heterocycles. The minimum atomic E-state index is 0.0371. The average Bonchev–Trinajstić information content (AvgIpc) is 3.33. The van der Waals surface area contributed by atoms with Crippen LogP contribution in [0, 0.1) is 5.92 Å². The summed E-state index contributed by atoms with van der Waals surface area (Å²) in [6, 6.07) is 12.0. The van der Waals surface area contributed by atoms with E-state index in [1.165, 1.54) is 0 Å². The van der Waals surface area contributed by atoms with E-state index in [0.29, 0.717) is 13.1 Å². The van der Waals surface area contributed by atoms with Gasteiger partial charge in [0.15, 0.2) is 5.82 Å². The standard InChI is InChI=1S/C20H19N5O/c26-20(15-7-9-25-17(10-15)6-8-22-25)24-12-16-11-21-19(23-18(16)13-24)14-4-2-1-3-5-14/h1-6,8,11,15H,7,9-10,12-13H2. The van der Waals surface area contributed by atoms with Crippen LogP contribution in [-0.4, -0.2) is 30.6 Å². The van der Waals surface area contributed by atoms with Crippen molar-refractivity contribution in [3.8, 4) is 11.4 Å². The lowest BCUT2D eigenvalue weighted by Gasteiger charge is -2.26. The molecule has 6 nitrogen and oxygen atoms in total. The number of hydrogen-bond donors (Lipinski definition) is 0. The van der Waals surface area contributed by atoms with E-state index in [1.54, 1.807) is 0 Å². The zero-order valence-corrected chi connectivity index (χ0v) is 14.4. The van der Waals surface area contributed by atoms with Gasteiger partial charge in [0, 0.05) is 54.6 Å². The van der Waals surface area contributed by atoms with E-state index in [0.717, 1.165) is 47.7 Å². The molecular weight excluding hydrogens is 326 g/mol. The Labute approximate surface area is 151 Å². The van der Waals surface area contributed by atoms with Crippen LogP contribution in [0.1, 0.15) is 23.4 Å². The van der Waals surface area contributed by atoms with Crippen molar-refractivity contribution in [1.82, 2.24) is 24.6 Å². The molecule has 1 aromatic carbocycles. The topological polar surface area (TPSA) is 63.9 Å². The molecule has 4 heterocycles. The largest absolute Gasteiger partial charge is 0.332 e. The maximum Gasteiger partial charge on any atom is 0.226 e. The molecule has 2 aromatic heterocycles. The summed E-state index contributed by atoms with van der Waals surface area (Å²) in [5.41, 5.74) is 4.17. The number of aryl methyl sites for hydroxylation is 1. The molecule has 5 rings (SSSR count). The first kappa shape index (κ1) is 15.3. The molecule has 0 radical (unpaired) electrons. The molecule has 2 aliphatic heterocycles. The second kappa shape index (κ2) is 6.05. The molecule has 26 heavy (non-hydrogen) atoms. The maximum absolute atomic E-state index is 13.0. The summed E-state index contributed by atoms with van der Waals surface area (Å²) < 4.78 is 2.00. The predicted molar refractivity (Wildman–Crippen MR) is 95.8 cm³/mol. The summed E-state index contributed by atoms with van der Waals surface area (Å²) in [7, 11) is 0. The van der Waals surface area contributed by atoms with Gasteiger partial charge in [0.05, 0.1) is 12.2 Å². The lowest BCUT2D eigenvalue weighted by atomic mass is 9.95. The van der Waals surface area contributed by atoms with Crippen LogP contribution in [0.25, 0.3) is 11.4 Å². The molecule has 2 aliphatic rings. The Balaban J connectivity index is 1.34. The molecule has 1 unspecified atom stereocenters. The van der Waals surface area contributed by atoms with Gasteiger partial charge in [-0.3, -0.25) is 9.48 Å². The van der Waals surface area contributed by atoms with E-state index >= 15 is 0 Å². The van der Waals surface area contributed by atoms with Crippen LogP contribution in [0.2, 0.25) is 0 Å². The lowest BCUT2D eigenvalue weighted by molar-refractivity contribution is -0.136. The van der Waals surface area contributed by atoms with Crippen LogP contribution in [0.15, 0.2) is 48.8 Å². The quantitative estimate of drug-likeness (QED) is 0.716. The number of fused-ring (bicyclic) bond motifs is 2. The Hall–Kier alpha value is -3.02. The van der Waals surface area contributed by atoms with Gasteiger partial charge < -0.3 is 4.90 Å². The molecule has 1 amide bonds. The molecule has 0 saturated carbocycles. The number of carbonyl (C=O) groups is 1. The van der Waals surface area contributed by atoms with Crippen molar-refractivity contribution >= 4 is 5.91 Å². The van der Waals surface area contributed by atoms with E-state index in [2.05, 4.69) is 10.1 Å². The molecule has 0 N–H and O–H groups in total. The number of hydrogen-bond acceptors (Lipinski definition) is 4. The van der Waals surface area contributed by atoms with E-state index in [1.807, 2.05) is 58.4 Å². The Morgan fingerprint density at radius 3 is 2.88 bits per heavy atom. The van der Waals surface area contributed by atoms with Gasteiger partial charge in [-0.25, -0.2) is 9.97 Å². The van der Waals surface area contributed by atoms with E-state index in [9.17, 15) is 4.79 Å². The number of benzene rings is 1. The van der Waals surface area contributed by atoms with E-state index < -0.39 is 0 Å². The number of amides is 1. The smallest absolute Gasteiger partial charge is 0.226 e. The van der Waals surface area contributed by atoms with Gasteiger partial charge in [0.25, 0.3) is 0 Å². The third-order valence-corrected chi connectivity index (χ3v) is 5.30. The van der Waals surface area contributed by atoms with Crippen molar-refractivity contribution in [1.29, 1.82) is 0 Å². The zero-order valence-electron chi connectivity index (χ0n) is 14.4. The highest BCUT2D eigenvalue weighted by molar-refractivity contribution is 5.80. The molecule has 0 aliphatic carbocycles. The fourth-order valence-corrected chi connectivity index (χ4v) is 3.87. The van der Waals surface area contributed by atoms with Gasteiger partial charge in [0.1, 0.15) is 0 Å². The summed E-state index contributed by atoms with van der Waals surface area (Å²) in [4.78, 5) is 24.1. The van der Waals surface area contributed by atoms with E-state index in [-0.39, 0.29) is 11.8 Å². The van der Waals surface area contributed by atoms with Crippen molar-refractivity contribution in [2.75, 3.05) is 0 Å². The Bertz CT molecular complexity index is 965. The molecule has 6 heteroatoms. The maximum atomic E-state index is 13.0. The van der Waals surface area contributed by atoms with Crippen molar-refractivity contribution in [2.24, 2.45) is 5.92 Å². The molecule has 3 aromatic rings. The van der Waals surface area contributed by atoms with Gasteiger partial charge in [-0.05, 0) is 12.5 Å². The minimum absolute atomic E-state index is 0.0371. The highest BCUT2D eigenvalue weighted by Gasteiger charge is 2.32. The van der Waals surface area contributed by atoms with Crippen LogP contribution in [0.4, 0.5) is 0 Å². The van der Waals surface area contributed by atoms with Gasteiger partial charge in [-0.2, -0.15) is 5.10 Å². The first-order valence-corrected chi connectivity index (χ1v) is 8.97. The van der Waals surface area contributed by atoms with Gasteiger partial charge >= 0.3 is 0 Å². The van der Waals surface area contributed by atoms with Gasteiger partial charge in [-0.15, -0.1) is 0 Å². The summed E-state index contributed by atoms with van der Waals surface area (Å²) in [5.74, 6) is 0.979. The fourth-order valence-electron chi connectivity index (χ4n) is 3.87. The lowest BCUT2D eigenvalue weighted by Crippen LogP contribution is -2.36. The fraction of sp³-hybridized carbons (Fsp3) is 0.300. The van der Waals surface area contributed by atoms with Crippen LogP contribution in [0.3, 0.4) is 0 Å². The van der Waals surface area contributed by atoms with Crippen LogP contribution in [-0.2, 0) is 30.8 Å². The molecule has 130 valence electrons. The highest BCUT2D eigenvalue weighted by Crippen LogP contribution is 2.28. The summed E-state index contributed by atoms with van der Waals surface area (Å²) in [5, 5.41) is 4.29. The van der Waals surface area contributed by atoms with Crippen molar-refractivity contribution in [3.63, 3.8) is 0 Å². The van der Waals surface area contributed by atoms with Crippen LogP contribution >= 0.6 is 0 Å². The number of nitrogens with zero attached hydrogens (tertiary/aromatic N) is 5. The number of rotatable bonds is 2. The molecular formula is C20H19N5O. The zero-order chi connectivity index (χ0) is 17.5. The van der Waals surface area contributed by atoms with Crippen molar-refractivity contribution in [3.05, 3.63) is 65.7 Å². The SMILES string of the molecule is O=C(C1CCn2nccc2C1)N1Cc2cnc(-c3ccccc3)nc2C1. The third kappa shape index (κ3) is 2.58. The first-order valence-electron chi connectivity index (χ1n) is 8.97. The average molecular weight is 345 g/mol. The minimum Gasteiger partial charge on any atom is -0.332 e. The van der Waals surface area contributed by atoms with E-state index in [4.69, 9.17) is 4.98 Å². The first-order chi connectivity index (χ1) is 12.8. The second-order valence-corrected chi connectivity index (χ2v) is 6.96. The molecule has 1 atom stereocenters. The molecule has 0 bridgehead atoms. The summed E-state index contributed by atoms with van der Waals surface area (Å²) in [6.45, 7) is 2.00. The Morgan fingerprint density at radius 2 is 2.00 bits per heavy atom. The molecule has 0 fully saturated rings. The predicted octanol–water partition coefficient (Wildman–Crippen LogP) is 2.44. The monoisotopic (exact) mass is 345 g/mol. The number of carbonyl (C=O) groups excluding carboxylic acids is 1. The Morgan fingerprint density at radius 1 is 1.12 bits per heavy atom. The van der Waals surface area contributed by atoms with Gasteiger partial charge in [0.2, 0.25) is 5.91 Å². The normalized spacial score (nSPS) is 18.5. The van der Waals surface area contributed by atoms with Gasteiger partial charge in [-0.1, -0.05) is 30.3 Å². The third-order valence-electron chi connectivity index (χ3n) is 5.30. The van der Waals surface area contributed by atoms with Crippen LogP contribution < -0.4 is 0 Å². The van der Waals surface area contributed by atoms with Crippen molar-refractivity contribution in [2.45, 2.75) is 32.5 Å². The summed E-state index contributed by atoms with van der Waals surface area (Å²) >= 11 is 0. The number of aromatic nitrogens is 4. The Kier molecular flexibility index (Phi) is 3.55. The van der Waals surface area contributed by atoms with Crippen LogP contribution in [0.5, 0.6) is 0 Å².